The van der Waals surface area contributed by atoms with E-state index in [9.17, 15) is 9.59 Å². The molecular weight excluding hydrogens is 252 g/mol. The van der Waals surface area contributed by atoms with Crippen LogP contribution in [0.4, 0.5) is 0 Å². The number of amides is 1. The Labute approximate surface area is 114 Å². The average Bonchev–Trinajstić information content (AvgIpc) is 2.45. The molecule has 1 amide bonds. The second kappa shape index (κ2) is 4.61. The number of nitrogens with two attached hydrogens (primary N) is 1. The molecular formula is C16H10N2O2. The molecule has 2 N–H and O–H groups in total. The Balaban J connectivity index is 2.62. The number of hydrogen-bond donors (Lipinski definition) is 1. The zero-order chi connectivity index (χ0) is 14.1. The summed E-state index contributed by atoms with van der Waals surface area (Å²) >= 11 is 0. The fourth-order valence-corrected chi connectivity index (χ4v) is 2.41. The van der Waals surface area contributed by atoms with Crippen molar-refractivity contribution in [2.75, 3.05) is 0 Å². The first-order valence-corrected chi connectivity index (χ1v) is 6.04. The molecule has 1 aromatic heterocycles. The summed E-state index contributed by atoms with van der Waals surface area (Å²) in [4.78, 5) is 27.0. The van der Waals surface area contributed by atoms with E-state index in [1.54, 1.807) is 30.2 Å². The Morgan fingerprint density at radius 3 is 2.60 bits per heavy atom. The van der Waals surface area contributed by atoms with Crippen LogP contribution in [-0.2, 0) is 4.79 Å². The molecule has 2 aromatic carbocycles. The van der Waals surface area contributed by atoms with Crippen molar-refractivity contribution >= 4 is 39.7 Å². The third kappa shape index (κ3) is 1.76. The number of pyridine rings is 1. The number of aromatic nitrogens is 1. The Bertz CT molecular complexity index is 894. The van der Waals surface area contributed by atoms with E-state index >= 15 is 0 Å². The monoisotopic (exact) mass is 262 g/mol. The topological polar surface area (TPSA) is 73.1 Å². The minimum atomic E-state index is -0.541. The number of para-hydroxylation sites is 1. The van der Waals surface area contributed by atoms with Gasteiger partial charge in [-0.3, -0.25) is 4.79 Å². The van der Waals surface area contributed by atoms with Crippen LogP contribution in [-0.4, -0.2) is 16.8 Å². The minimum absolute atomic E-state index is 0.382. The lowest BCUT2D eigenvalue weighted by atomic mass is 9.98. The fraction of sp³-hybridized carbons (Fsp3) is 0. The van der Waals surface area contributed by atoms with E-state index in [4.69, 9.17) is 5.73 Å². The summed E-state index contributed by atoms with van der Waals surface area (Å²) in [5.41, 5.74) is 7.82. The van der Waals surface area contributed by atoms with Gasteiger partial charge in [0.05, 0.1) is 16.6 Å². The van der Waals surface area contributed by atoms with Crippen LogP contribution in [0.2, 0.25) is 0 Å². The van der Waals surface area contributed by atoms with Crippen molar-refractivity contribution in [1.82, 2.24) is 4.98 Å². The maximum atomic E-state index is 11.9. The summed E-state index contributed by atoms with van der Waals surface area (Å²) in [6, 6.07) is 12.6. The molecule has 4 heteroatoms. The first-order chi connectivity index (χ1) is 9.72. The van der Waals surface area contributed by atoms with E-state index in [-0.39, 0.29) is 0 Å². The molecule has 3 rings (SSSR count). The van der Waals surface area contributed by atoms with E-state index < -0.39 is 5.91 Å². The zero-order valence-corrected chi connectivity index (χ0v) is 10.5. The number of carbonyl (C=O) groups is 1. The summed E-state index contributed by atoms with van der Waals surface area (Å²) in [5, 5.41) is 1.27. The Morgan fingerprint density at radius 1 is 1.10 bits per heavy atom. The molecule has 3 aromatic rings. The van der Waals surface area contributed by atoms with Crippen LogP contribution in [0.25, 0.3) is 27.9 Å². The van der Waals surface area contributed by atoms with Crippen molar-refractivity contribution in [3.63, 3.8) is 0 Å². The number of nitrogens with zero attached hydrogens (tertiary/aromatic N) is 1. The van der Waals surface area contributed by atoms with Gasteiger partial charge in [0.15, 0.2) is 0 Å². The zero-order valence-electron chi connectivity index (χ0n) is 10.5. The number of benzene rings is 2. The predicted octanol–water partition coefficient (Wildman–Crippen LogP) is 2.33. The standard InChI is InChI=1S/C16H10N2O2/c17-16(20)15-11-5-1-2-6-12(11)18-13-7-3-4-10(8-9-19)14(13)15/h1-8H,(H2,17,20). The molecule has 0 aliphatic heterocycles. The maximum absolute atomic E-state index is 11.9. The van der Waals surface area contributed by atoms with Crippen molar-refractivity contribution in [2.24, 2.45) is 5.73 Å². The lowest BCUT2D eigenvalue weighted by Crippen LogP contribution is -2.13. The highest BCUT2D eigenvalue weighted by atomic mass is 16.1. The van der Waals surface area contributed by atoms with Gasteiger partial charge in [-0.2, -0.15) is 0 Å². The van der Waals surface area contributed by atoms with Gasteiger partial charge >= 0.3 is 0 Å². The van der Waals surface area contributed by atoms with Gasteiger partial charge in [0.2, 0.25) is 5.91 Å². The Hall–Kier alpha value is -2.97. The van der Waals surface area contributed by atoms with Crippen molar-refractivity contribution in [1.29, 1.82) is 0 Å². The third-order valence-corrected chi connectivity index (χ3v) is 3.20. The van der Waals surface area contributed by atoms with E-state index in [0.29, 0.717) is 32.9 Å². The lowest BCUT2D eigenvalue weighted by molar-refractivity contribution is 0.100. The normalized spacial score (nSPS) is 10.4. The highest BCUT2D eigenvalue weighted by Crippen LogP contribution is 2.28. The fourth-order valence-electron chi connectivity index (χ4n) is 2.41. The van der Waals surface area contributed by atoms with Gasteiger partial charge in [0, 0.05) is 16.8 Å². The predicted molar refractivity (Wildman–Crippen MR) is 77.9 cm³/mol. The third-order valence-electron chi connectivity index (χ3n) is 3.20. The molecule has 0 fully saturated rings. The number of primary amides is 1. The number of carbonyl (C=O) groups excluding carboxylic acids is 2. The van der Waals surface area contributed by atoms with Crippen LogP contribution in [0.3, 0.4) is 0 Å². The van der Waals surface area contributed by atoms with Crippen LogP contribution in [0.15, 0.2) is 42.5 Å². The molecule has 0 spiro atoms. The molecule has 4 nitrogen and oxygen atoms in total. The van der Waals surface area contributed by atoms with Crippen LogP contribution < -0.4 is 5.73 Å². The summed E-state index contributed by atoms with van der Waals surface area (Å²) in [5.74, 6) is 1.19. The first-order valence-electron chi connectivity index (χ1n) is 6.04. The molecule has 0 saturated heterocycles. The van der Waals surface area contributed by atoms with E-state index in [1.165, 1.54) is 6.08 Å². The quantitative estimate of drug-likeness (QED) is 0.569. The van der Waals surface area contributed by atoms with Crippen LogP contribution in [0.5, 0.6) is 0 Å². The van der Waals surface area contributed by atoms with Crippen LogP contribution in [0.1, 0.15) is 15.9 Å². The van der Waals surface area contributed by atoms with E-state index in [1.807, 2.05) is 18.2 Å². The molecule has 0 aliphatic carbocycles. The number of fused-ring (bicyclic) bond motifs is 2. The van der Waals surface area contributed by atoms with Gasteiger partial charge in [0.1, 0.15) is 5.94 Å². The van der Waals surface area contributed by atoms with Crippen molar-refractivity contribution in [3.8, 4) is 0 Å². The summed E-state index contributed by atoms with van der Waals surface area (Å²) in [6.07, 6.45) is 1.28. The molecule has 0 atom stereocenters. The summed E-state index contributed by atoms with van der Waals surface area (Å²) < 4.78 is 0. The molecule has 20 heavy (non-hydrogen) atoms. The number of hydrogen-bond acceptors (Lipinski definition) is 3. The van der Waals surface area contributed by atoms with Crippen molar-refractivity contribution < 1.29 is 9.59 Å². The maximum Gasteiger partial charge on any atom is 0.250 e. The molecule has 0 radical (unpaired) electrons. The van der Waals surface area contributed by atoms with Crippen LogP contribution >= 0.6 is 0 Å². The van der Waals surface area contributed by atoms with E-state index in [0.717, 1.165) is 0 Å². The second-order valence-corrected chi connectivity index (χ2v) is 4.37. The SMILES string of the molecule is NC(=O)c1c2ccccc2nc2cccc(C=C=O)c12. The smallest absolute Gasteiger partial charge is 0.250 e. The lowest BCUT2D eigenvalue weighted by Gasteiger charge is -2.09. The molecule has 0 aliphatic rings. The summed E-state index contributed by atoms with van der Waals surface area (Å²) in [7, 11) is 0. The van der Waals surface area contributed by atoms with Gasteiger partial charge < -0.3 is 5.73 Å². The molecule has 0 bridgehead atoms. The Morgan fingerprint density at radius 2 is 1.85 bits per heavy atom. The molecule has 0 saturated carbocycles. The van der Waals surface area contributed by atoms with Gasteiger partial charge in [-0.25, -0.2) is 9.78 Å². The summed E-state index contributed by atoms with van der Waals surface area (Å²) in [6.45, 7) is 0. The van der Waals surface area contributed by atoms with Crippen molar-refractivity contribution in [2.45, 2.75) is 0 Å². The largest absolute Gasteiger partial charge is 0.366 e. The number of rotatable bonds is 2. The van der Waals surface area contributed by atoms with Gasteiger partial charge in [0.25, 0.3) is 0 Å². The molecule has 1 heterocycles. The van der Waals surface area contributed by atoms with Gasteiger partial charge in [-0.1, -0.05) is 30.3 Å². The average molecular weight is 262 g/mol. The van der Waals surface area contributed by atoms with Gasteiger partial charge in [-0.05, 0) is 17.7 Å². The van der Waals surface area contributed by atoms with Gasteiger partial charge in [-0.15, -0.1) is 0 Å². The van der Waals surface area contributed by atoms with Crippen LogP contribution in [0, 0.1) is 0 Å². The Kier molecular flexibility index (Phi) is 2.78. The first kappa shape index (κ1) is 12.1. The highest BCUT2D eigenvalue weighted by molar-refractivity contribution is 6.17. The molecule has 96 valence electrons. The highest BCUT2D eigenvalue weighted by Gasteiger charge is 2.15. The molecule has 0 unspecified atom stereocenters. The van der Waals surface area contributed by atoms with E-state index in [2.05, 4.69) is 4.98 Å². The second-order valence-electron chi connectivity index (χ2n) is 4.37. The van der Waals surface area contributed by atoms with Crippen molar-refractivity contribution in [3.05, 3.63) is 53.6 Å². The minimum Gasteiger partial charge on any atom is -0.366 e.